The minimum atomic E-state index is -1.38. The van der Waals surface area contributed by atoms with Crippen molar-refractivity contribution < 1.29 is 9.90 Å². The minimum absolute atomic E-state index is 0.158. The van der Waals surface area contributed by atoms with Gasteiger partial charge in [-0.15, -0.1) is 0 Å². The monoisotopic (exact) mass is 363 g/mol. The number of benzene rings is 3. The molecule has 130 valence electrons. The molecule has 1 heterocycles. The normalized spacial score (nSPS) is 18.8. The molecule has 3 aromatic carbocycles. The van der Waals surface area contributed by atoms with Gasteiger partial charge < -0.3 is 10.0 Å². The molecule has 0 saturated heterocycles. The number of halogens is 1. The summed E-state index contributed by atoms with van der Waals surface area (Å²) in [6.07, 6.45) is 0.337. The lowest BCUT2D eigenvalue weighted by molar-refractivity contribution is -0.0878. The fourth-order valence-corrected chi connectivity index (χ4v) is 3.65. The van der Waals surface area contributed by atoms with Crippen LogP contribution in [-0.2, 0) is 18.7 Å². The van der Waals surface area contributed by atoms with Crippen molar-refractivity contribution in [2.24, 2.45) is 0 Å². The van der Waals surface area contributed by atoms with Gasteiger partial charge in [0.25, 0.3) is 5.91 Å². The fourth-order valence-electron chi connectivity index (χ4n) is 3.52. The van der Waals surface area contributed by atoms with Gasteiger partial charge in [0.2, 0.25) is 0 Å². The number of aliphatic hydroxyl groups is 1. The second-order valence-corrected chi connectivity index (χ2v) is 6.98. The standard InChI is InChI=1S/C22H18ClNO2/c23-18-12-10-17(11-13-18)15-24-21(25)19-8-4-5-9-20(19)22(24,26)14-16-6-2-1-3-7-16/h1-13,26H,14-15H2/t22-/m0/s1. The molecule has 0 radical (unpaired) electrons. The average molecular weight is 364 g/mol. The van der Waals surface area contributed by atoms with E-state index in [1.165, 1.54) is 0 Å². The second kappa shape index (κ2) is 6.60. The van der Waals surface area contributed by atoms with Gasteiger partial charge in [-0.25, -0.2) is 0 Å². The zero-order valence-electron chi connectivity index (χ0n) is 14.1. The van der Waals surface area contributed by atoms with E-state index in [4.69, 9.17) is 11.6 Å². The van der Waals surface area contributed by atoms with E-state index in [0.717, 1.165) is 11.1 Å². The van der Waals surface area contributed by atoms with Crippen LogP contribution in [0.15, 0.2) is 78.9 Å². The van der Waals surface area contributed by atoms with Crippen LogP contribution < -0.4 is 0 Å². The highest BCUT2D eigenvalue weighted by molar-refractivity contribution is 6.30. The molecule has 0 bridgehead atoms. The summed E-state index contributed by atoms with van der Waals surface area (Å²) in [7, 11) is 0. The summed E-state index contributed by atoms with van der Waals surface area (Å²) in [6.45, 7) is 0.314. The maximum atomic E-state index is 13.0. The highest BCUT2D eigenvalue weighted by atomic mass is 35.5. The average Bonchev–Trinajstić information content (AvgIpc) is 2.86. The Hall–Kier alpha value is -2.62. The smallest absolute Gasteiger partial charge is 0.257 e. The number of hydrogen-bond acceptors (Lipinski definition) is 2. The van der Waals surface area contributed by atoms with Crippen LogP contribution in [0.1, 0.15) is 27.0 Å². The Morgan fingerprint density at radius 3 is 2.23 bits per heavy atom. The first-order valence-electron chi connectivity index (χ1n) is 8.50. The SMILES string of the molecule is O=C1c2ccccc2[C@@](O)(Cc2ccccc2)N1Cc1ccc(Cl)cc1. The maximum absolute atomic E-state index is 13.0. The summed E-state index contributed by atoms with van der Waals surface area (Å²) in [4.78, 5) is 14.6. The molecule has 0 saturated carbocycles. The van der Waals surface area contributed by atoms with Gasteiger partial charge in [0.15, 0.2) is 5.72 Å². The highest BCUT2D eigenvalue weighted by Gasteiger charge is 2.48. The van der Waals surface area contributed by atoms with Crippen molar-refractivity contribution in [3.63, 3.8) is 0 Å². The van der Waals surface area contributed by atoms with Gasteiger partial charge >= 0.3 is 0 Å². The third-order valence-corrected chi connectivity index (χ3v) is 5.08. The van der Waals surface area contributed by atoms with Crippen molar-refractivity contribution >= 4 is 17.5 Å². The molecule has 4 heteroatoms. The van der Waals surface area contributed by atoms with Crippen LogP contribution in [-0.4, -0.2) is 15.9 Å². The Labute approximate surface area is 157 Å². The third kappa shape index (κ3) is 2.90. The van der Waals surface area contributed by atoms with E-state index in [9.17, 15) is 9.90 Å². The summed E-state index contributed by atoms with van der Waals surface area (Å²) in [5.74, 6) is -0.158. The molecule has 0 aromatic heterocycles. The summed E-state index contributed by atoms with van der Waals surface area (Å²) in [6, 6.07) is 24.4. The van der Waals surface area contributed by atoms with Gasteiger partial charge in [-0.2, -0.15) is 0 Å². The molecule has 1 aliphatic heterocycles. The number of fused-ring (bicyclic) bond motifs is 1. The number of nitrogens with zero attached hydrogens (tertiary/aromatic N) is 1. The Balaban J connectivity index is 1.75. The van der Waals surface area contributed by atoms with E-state index in [1.807, 2.05) is 60.7 Å². The Bertz CT molecular complexity index is 940. The zero-order chi connectivity index (χ0) is 18.1. The topological polar surface area (TPSA) is 40.5 Å². The van der Waals surface area contributed by atoms with Crippen LogP contribution in [0, 0.1) is 0 Å². The van der Waals surface area contributed by atoms with Gasteiger partial charge in [-0.3, -0.25) is 4.79 Å². The van der Waals surface area contributed by atoms with Gasteiger partial charge in [0, 0.05) is 29.1 Å². The van der Waals surface area contributed by atoms with Gasteiger partial charge in [-0.05, 0) is 29.3 Å². The lowest BCUT2D eigenvalue weighted by Crippen LogP contribution is -2.45. The van der Waals surface area contributed by atoms with Crippen molar-refractivity contribution in [3.05, 3.63) is 106 Å². The van der Waals surface area contributed by atoms with Crippen LogP contribution in [0.2, 0.25) is 5.02 Å². The third-order valence-electron chi connectivity index (χ3n) is 4.83. The predicted molar refractivity (Wildman–Crippen MR) is 102 cm³/mol. The zero-order valence-corrected chi connectivity index (χ0v) is 14.9. The van der Waals surface area contributed by atoms with E-state index in [1.54, 1.807) is 23.1 Å². The molecular weight excluding hydrogens is 346 g/mol. The van der Waals surface area contributed by atoms with E-state index in [0.29, 0.717) is 29.1 Å². The van der Waals surface area contributed by atoms with Crippen LogP contribution >= 0.6 is 11.6 Å². The Morgan fingerprint density at radius 1 is 0.846 bits per heavy atom. The predicted octanol–water partition coefficient (Wildman–Crippen LogP) is 4.38. The van der Waals surface area contributed by atoms with E-state index in [2.05, 4.69) is 0 Å². The van der Waals surface area contributed by atoms with Crippen molar-refractivity contribution in [3.8, 4) is 0 Å². The first kappa shape index (κ1) is 16.8. The molecule has 3 nitrogen and oxygen atoms in total. The lowest BCUT2D eigenvalue weighted by atomic mass is 9.94. The molecule has 0 aliphatic carbocycles. The molecule has 0 spiro atoms. The summed E-state index contributed by atoms with van der Waals surface area (Å²) >= 11 is 5.96. The van der Waals surface area contributed by atoms with Gasteiger partial charge in [-0.1, -0.05) is 72.3 Å². The van der Waals surface area contributed by atoms with Crippen molar-refractivity contribution in [2.45, 2.75) is 18.7 Å². The van der Waals surface area contributed by atoms with E-state index < -0.39 is 5.72 Å². The molecule has 1 amide bonds. The molecule has 0 fully saturated rings. The van der Waals surface area contributed by atoms with Crippen LogP contribution in [0.5, 0.6) is 0 Å². The molecule has 0 unspecified atom stereocenters. The number of carbonyl (C=O) groups excluding carboxylic acids is 1. The summed E-state index contributed by atoms with van der Waals surface area (Å²) in [5.41, 5.74) is 1.72. The van der Waals surface area contributed by atoms with Crippen LogP contribution in [0.3, 0.4) is 0 Å². The maximum Gasteiger partial charge on any atom is 0.257 e. The van der Waals surface area contributed by atoms with Crippen molar-refractivity contribution in [1.82, 2.24) is 4.90 Å². The molecule has 1 N–H and O–H groups in total. The van der Waals surface area contributed by atoms with Gasteiger partial charge in [0.05, 0.1) is 0 Å². The first-order valence-corrected chi connectivity index (χ1v) is 8.88. The molecule has 4 rings (SSSR count). The largest absolute Gasteiger partial charge is 0.366 e. The van der Waals surface area contributed by atoms with Crippen LogP contribution in [0.25, 0.3) is 0 Å². The number of rotatable bonds is 4. The van der Waals surface area contributed by atoms with Crippen molar-refractivity contribution in [1.29, 1.82) is 0 Å². The summed E-state index contributed by atoms with van der Waals surface area (Å²) in [5, 5.41) is 12.3. The number of amides is 1. The quantitative estimate of drug-likeness (QED) is 0.747. The summed E-state index contributed by atoms with van der Waals surface area (Å²) < 4.78 is 0. The fraction of sp³-hybridized carbons (Fsp3) is 0.136. The lowest BCUT2D eigenvalue weighted by Gasteiger charge is -2.34. The van der Waals surface area contributed by atoms with Crippen molar-refractivity contribution in [2.75, 3.05) is 0 Å². The van der Waals surface area contributed by atoms with E-state index in [-0.39, 0.29) is 5.91 Å². The molecule has 3 aromatic rings. The number of carbonyl (C=O) groups is 1. The van der Waals surface area contributed by atoms with Crippen LogP contribution in [0.4, 0.5) is 0 Å². The first-order chi connectivity index (χ1) is 12.6. The Kier molecular flexibility index (Phi) is 4.27. The molecular formula is C22H18ClNO2. The van der Waals surface area contributed by atoms with E-state index >= 15 is 0 Å². The Morgan fingerprint density at radius 2 is 1.50 bits per heavy atom. The molecule has 1 aliphatic rings. The highest BCUT2D eigenvalue weighted by Crippen LogP contribution is 2.40. The molecule has 26 heavy (non-hydrogen) atoms. The minimum Gasteiger partial charge on any atom is -0.366 e. The second-order valence-electron chi connectivity index (χ2n) is 6.54. The molecule has 1 atom stereocenters. The number of hydrogen-bond donors (Lipinski definition) is 1. The van der Waals surface area contributed by atoms with Gasteiger partial charge in [0.1, 0.15) is 0 Å².